The summed E-state index contributed by atoms with van der Waals surface area (Å²) < 4.78 is 17.3. The maximum atomic E-state index is 11.9. The molecule has 0 unspecified atom stereocenters. The topological polar surface area (TPSA) is 35.2 Å². The first-order valence-corrected chi connectivity index (χ1v) is 5.33. The molecule has 0 aliphatic carbocycles. The number of benzene rings is 1. The third kappa shape index (κ3) is 4.06. The van der Waals surface area contributed by atoms with Gasteiger partial charge in [-0.3, -0.25) is 4.39 Å². The molecule has 0 radical (unpaired) electrons. The first-order chi connectivity index (χ1) is 7.27. The average Bonchev–Trinajstić information content (AvgIpc) is 2.22. The van der Waals surface area contributed by atoms with Crippen LogP contribution in [0.4, 0.5) is 4.39 Å². The lowest BCUT2D eigenvalue weighted by Crippen LogP contribution is -2.06. The van der Waals surface area contributed by atoms with E-state index in [1.165, 1.54) is 0 Å². The number of ether oxygens (including phenoxy) is 1. The molecule has 0 fully saturated rings. The number of nitrogens with two attached hydrogens (primary N) is 1. The van der Waals surface area contributed by atoms with Crippen molar-refractivity contribution in [2.24, 2.45) is 5.73 Å². The Bertz CT molecular complexity index is 307. The Kier molecular flexibility index (Phi) is 5.43. The molecule has 0 saturated heterocycles. The molecule has 1 rings (SSSR count). The van der Waals surface area contributed by atoms with Gasteiger partial charge in [-0.15, -0.1) is 0 Å². The van der Waals surface area contributed by atoms with Crippen molar-refractivity contribution < 1.29 is 9.13 Å². The van der Waals surface area contributed by atoms with E-state index in [0.717, 1.165) is 11.3 Å². The standard InChI is InChI=1S/C11H15ClFNO/c12-10-2-3-11(15-7-1-5-13)9(8-10)4-6-14/h2-3,8H,1,4-7,14H2. The lowest BCUT2D eigenvalue weighted by molar-refractivity contribution is 0.287. The fraction of sp³-hybridized carbons (Fsp3) is 0.455. The lowest BCUT2D eigenvalue weighted by atomic mass is 10.1. The highest BCUT2D eigenvalue weighted by molar-refractivity contribution is 6.30. The van der Waals surface area contributed by atoms with E-state index in [4.69, 9.17) is 22.1 Å². The van der Waals surface area contributed by atoms with Gasteiger partial charge in [0, 0.05) is 11.4 Å². The van der Waals surface area contributed by atoms with Crippen molar-refractivity contribution in [2.45, 2.75) is 12.8 Å². The Morgan fingerprint density at radius 3 is 2.87 bits per heavy atom. The molecule has 1 aromatic rings. The summed E-state index contributed by atoms with van der Waals surface area (Å²) in [7, 11) is 0. The van der Waals surface area contributed by atoms with Crippen LogP contribution in [0.2, 0.25) is 5.02 Å². The van der Waals surface area contributed by atoms with Gasteiger partial charge in [-0.05, 0) is 36.7 Å². The molecule has 0 atom stereocenters. The van der Waals surface area contributed by atoms with Crippen molar-refractivity contribution in [1.29, 1.82) is 0 Å². The minimum absolute atomic E-state index is 0.361. The van der Waals surface area contributed by atoms with Crippen LogP contribution in [-0.4, -0.2) is 19.8 Å². The molecular formula is C11H15ClFNO. The second kappa shape index (κ2) is 6.64. The van der Waals surface area contributed by atoms with E-state index >= 15 is 0 Å². The summed E-state index contributed by atoms with van der Waals surface area (Å²) in [6, 6.07) is 5.39. The van der Waals surface area contributed by atoms with Crippen molar-refractivity contribution in [2.75, 3.05) is 19.8 Å². The summed E-state index contributed by atoms with van der Waals surface area (Å²) in [5, 5.41) is 0.663. The summed E-state index contributed by atoms with van der Waals surface area (Å²) in [5.74, 6) is 0.748. The Labute approximate surface area is 94.2 Å². The molecule has 2 nitrogen and oxygen atoms in total. The van der Waals surface area contributed by atoms with E-state index in [2.05, 4.69) is 0 Å². The zero-order valence-electron chi connectivity index (χ0n) is 8.51. The lowest BCUT2D eigenvalue weighted by Gasteiger charge is -2.10. The summed E-state index contributed by atoms with van der Waals surface area (Å²) in [6.45, 7) is 0.565. The molecule has 15 heavy (non-hydrogen) atoms. The van der Waals surface area contributed by atoms with Gasteiger partial charge in [0.15, 0.2) is 0 Å². The van der Waals surface area contributed by atoms with Crippen LogP contribution in [0.25, 0.3) is 0 Å². The van der Waals surface area contributed by atoms with Gasteiger partial charge in [0.05, 0.1) is 13.3 Å². The van der Waals surface area contributed by atoms with Crippen LogP contribution >= 0.6 is 11.6 Å². The van der Waals surface area contributed by atoms with Crippen LogP contribution in [0, 0.1) is 0 Å². The summed E-state index contributed by atoms with van der Waals surface area (Å²) in [6.07, 6.45) is 1.12. The molecular weight excluding hydrogens is 217 g/mol. The number of halogens is 2. The second-order valence-electron chi connectivity index (χ2n) is 3.18. The molecule has 2 N–H and O–H groups in total. The SMILES string of the molecule is NCCc1cc(Cl)ccc1OCCCF. The Morgan fingerprint density at radius 1 is 1.40 bits per heavy atom. The maximum Gasteiger partial charge on any atom is 0.122 e. The molecule has 4 heteroatoms. The second-order valence-corrected chi connectivity index (χ2v) is 3.62. The third-order valence-corrected chi connectivity index (χ3v) is 2.21. The molecule has 0 aromatic heterocycles. The highest BCUT2D eigenvalue weighted by Gasteiger charge is 2.03. The Morgan fingerprint density at radius 2 is 2.20 bits per heavy atom. The molecule has 0 amide bonds. The minimum Gasteiger partial charge on any atom is -0.493 e. The first kappa shape index (κ1) is 12.3. The molecule has 0 aliphatic heterocycles. The summed E-state index contributed by atoms with van der Waals surface area (Å²) in [4.78, 5) is 0. The van der Waals surface area contributed by atoms with Gasteiger partial charge in [0.2, 0.25) is 0 Å². The fourth-order valence-corrected chi connectivity index (χ4v) is 1.47. The van der Waals surface area contributed by atoms with E-state index in [1.807, 2.05) is 6.07 Å². The first-order valence-electron chi connectivity index (χ1n) is 4.95. The van der Waals surface area contributed by atoms with E-state index in [-0.39, 0.29) is 6.67 Å². The van der Waals surface area contributed by atoms with E-state index < -0.39 is 0 Å². The van der Waals surface area contributed by atoms with Crippen molar-refractivity contribution in [3.8, 4) is 5.75 Å². The van der Waals surface area contributed by atoms with Gasteiger partial charge < -0.3 is 10.5 Å². The number of hydrogen-bond acceptors (Lipinski definition) is 2. The van der Waals surface area contributed by atoms with Gasteiger partial charge in [-0.2, -0.15) is 0 Å². The highest BCUT2D eigenvalue weighted by atomic mass is 35.5. The van der Waals surface area contributed by atoms with Gasteiger partial charge in [0.1, 0.15) is 5.75 Å². The van der Waals surface area contributed by atoms with Crippen LogP contribution in [-0.2, 0) is 6.42 Å². The largest absolute Gasteiger partial charge is 0.493 e. The van der Waals surface area contributed by atoms with Gasteiger partial charge in [0.25, 0.3) is 0 Å². The molecule has 84 valence electrons. The molecule has 0 aliphatic rings. The molecule has 0 saturated carbocycles. The van der Waals surface area contributed by atoms with Gasteiger partial charge >= 0.3 is 0 Å². The van der Waals surface area contributed by atoms with Gasteiger partial charge in [-0.1, -0.05) is 11.6 Å². The van der Waals surface area contributed by atoms with Gasteiger partial charge in [-0.25, -0.2) is 0 Å². The third-order valence-electron chi connectivity index (χ3n) is 1.97. The van der Waals surface area contributed by atoms with E-state index in [9.17, 15) is 4.39 Å². The zero-order chi connectivity index (χ0) is 11.1. The fourth-order valence-electron chi connectivity index (χ4n) is 1.28. The quantitative estimate of drug-likeness (QED) is 0.764. The predicted octanol–water partition coefficient (Wildman–Crippen LogP) is 2.58. The van der Waals surface area contributed by atoms with Crippen LogP contribution in [0.5, 0.6) is 5.75 Å². The summed E-state index contributed by atoms with van der Waals surface area (Å²) >= 11 is 5.86. The van der Waals surface area contributed by atoms with E-state index in [0.29, 0.717) is 31.0 Å². The Hall–Kier alpha value is -0.800. The Balaban J connectivity index is 2.67. The van der Waals surface area contributed by atoms with Crippen LogP contribution in [0.15, 0.2) is 18.2 Å². The number of alkyl halides is 1. The monoisotopic (exact) mass is 231 g/mol. The predicted molar refractivity (Wildman–Crippen MR) is 60.3 cm³/mol. The van der Waals surface area contributed by atoms with E-state index in [1.54, 1.807) is 12.1 Å². The van der Waals surface area contributed by atoms with Crippen LogP contribution in [0.3, 0.4) is 0 Å². The van der Waals surface area contributed by atoms with Crippen molar-refractivity contribution in [3.63, 3.8) is 0 Å². The molecule has 0 bridgehead atoms. The number of hydrogen-bond donors (Lipinski definition) is 1. The average molecular weight is 232 g/mol. The molecule has 0 spiro atoms. The van der Waals surface area contributed by atoms with Crippen LogP contribution in [0.1, 0.15) is 12.0 Å². The van der Waals surface area contributed by atoms with Crippen LogP contribution < -0.4 is 10.5 Å². The number of rotatable bonds is 6. The minimum atomic E-state index is -0.361. The smallest absolute Gasteiger partial charge is 0.122 e. The molecule has 0 heterocycles. The van der Waals surface area contributed by atoms with Crippen molar-refractivity contribution >= 4 is 11.6 Å². The summed E-state index contributed by atoms with van der Waals surface area (Å²) in [5.41, 5.74) is 6.45. The molecule has 1 aromatic carbocycles. The maximum absolute atomic E-state index is 11.9. The van der Waals surface area contributed by atoms with Crippen molar-refractivity contribution in [3.05, 3.63) is 28.8 Å². The van der Waals surface area contributed by atoms with Crippen molar-refractivity contribution in [1.82, 2.24) is 0 Å². The normalized spacial score (nSPS) is 10.3. The highest BCUT2D eigenvalue weighted by Crippen LogP contribution is 2.23. The zero-order valence-corrected chi connectivity index (χ0v) is 9.27.